The number of rotatable bonds is 6. The molecule has 3 aromatic rings. The van der Waals surface area contributed by atoms with Crippen molar-refractivity contribution in [3.8, 4) is 5.69 Å². The molecular formula is C22H21F2N3O3. The van der Waals surface area contributed by atoms with Crippen molar-refractivity contribution in [3.63, 3.8) is 0 Å². The molecule has 3 rings (SSSR count). The van der Waals surface area contributed by atoms with Crippen molar-refractivity contribution in [3.05, 3.63) is 82.7 Å². The minimum atomic E-state index is -0.698. The van der Waals surface area contributed by atoms with Crippen LogP contribution in [0.15, 0.2) is 48.7 Å². The number of benzene rings is 2. The highest BCUT2D eigenvalue weighted by atomic mass is 19.1. The molecule has 0 aliphatic heterocycles. The molecule has 1 aromatic heterocycles. The number of ether oxygens (including phenoxy) is 1. The Labute approximate surface area is 172 Å². The van der Waals surface area contributed by atoms with Crippen molar-refractivity contribution in [1.82, 2.24) is 14.7 Å². The Morgan fingerprint density at radius 1 is 1.13 bits per heavy atom. The smallest absolute Gasteiger partial charge is 0.341 e. The van der Waals surface area contributed by atoms with Gasteiger partial charge in [0.15, 0.2) is 0 Å². The van der Waals surface area contributed by atoms with Gasteiger partial charge in [-0.05, 0) is 44.2 Å². The fourth-order valence-corrected chi connectivity index (χ4v) is 3.02. The maximum atomic E-state index is 13.8. The first-order chi connectivity index (χ1) is 14.3. The molecule has 0 saturated carbocycles. The second kappa shape index (κ2) is 8.86. The third kappa shape index (κ3) is 4.37. The van der Waals surface area contributed by atoms with Crippen LogP contribution in [0.1, 0.15) is 38.9 Å². The van der Waals surface area contributed by atoms with E-state index in [0.29, 0.717) is 22.5 Å². The average Bonchev–Trinajstić information content (AvgIpc) is 3.11. The molecule has 8 heteroatoms. The Morgan fingerprint density at radius 2 is 1.83 bits per heavy atom. The maximum absolute atomic E-state index is 13.8. The van der Waals surface area contributed by atoms with Crippen molar-refractivity contribution in [2.45, 2.75) is 20.4 Å². The highest BCUT2D eigenvalue weighted by Crippen LogP contribution is 2.18. The van der Waals surface area contributed by atoms with Crippen molar-refractivity contribution in [2.24, 2.45) is 0 Å². The Hall–Kier alpha value is -3.55. The number of aromatic nitrogens is 2. The minimum Gasteiger partial charge on any atom is -0.462 e. The Kier molecular flexibility index (Phi) is 6.25. The number of nitrogens with zero attached hydrogens (tertiary/aromatic N) is 3. The van der Waals surface area contributed by atoms with Crippen LogP contribution in [0.4, 0.5) is 8.78 Å². The number of amides is 1. The van der Waals surface area contributed by atoms with Crippen LogP contribution in [0.2, 0.25) is 0 Å². The van der Waals surface area contributed by atoms with Crippen molar-refractivity contribution in [1.29, 1.82) is 0 Å². The lowest BCUT2D eigenvalue weighted by Gasteiger charge is -2.18. The summed E-state index contributed by atoms with van der Waals surface area (Å²) in [6, 6.07) is 9.92. The lowest BCUT2D eigenvalue weighted by molar-refractivity contribution is 0.0525. The summed E-state index contributed by atoms with van der Waals surface area (Å²) in [5.74, 6) is -2.12. The molecule has 2 aromatic carbocycles. The lowest BCUT2D eigenvalue weighted by atomic mass is 10.1. The lowest BCUT2D eigenvalue weighted by Crippen LogP contribution is -2.26. The summed E-state index contributed by atoms with van der Waals surface area (Å²) in [5, 5.41) is 4.22. The predicted octanol–water partition coefficient (Wildman–Crippen LogP) is 3.91. The number of halogens is 2. The van der Waals surface area contributed by atoms with Crippen LogP contribution in [0.3, 0.4) is 0 Å². The van der Waals surface area contributed by atoms with Gasteiger partial charge in [-0.1, -0.05) is 6.07 Å². The van der Waals surface area contributed by atoms with Crippen LogP contribution in [0.25, 0.3) is 5.69 Å². The second-order valence-corrected chi connectivity index (χ2v) is 6.72. The van der Waals surface area contributed by atoms with E-state index in [-0.39, 0.29) is 24.6 Å². The van der Waals surface area contributed by atoms with Crippen LogP contribution in [-0.4, -0.2) is 40.2 Å². The number of hydrogen-bond donors (Lipinski definition) is 0. The molecule has 1 heterocycles. The topological polar surface area (TPSA) is 64.4 Å². The summed E-state index contributed by atoms with van der Waals surface area (Å²) in [6.07, 6.45) is 1.44. The first-order valence-corrected chi connectivity index (χ1v) is 9.33. The Morgan fingerprint density at radius 3 is 2.47 bits per heavy atom. The van der Waals surface area contributed by atoms with Crippen LogP contribution >= 0.6 is 0 Å². The zero-order valence-corrected chi connectivity index (χ0v) is 16.9. The highest BCUT2D eigenvalue weighted by molar-refractivity contribution is 5.94. The molecule has 0 N–H and O–H groups in total. The Bertz CT molecular complexity index is 1080. The van der Waals surface area contributed by atoms with Crippen molar-refractivity contribution >= 4 is 11.9 Å². The fourth-order valence-electron chi connectivity index (χ4n) is 3.02. The summed E-state index contributed by atoms with van der Waals surface area (Å²) < 4.78 is 33.5. The van der Waals surface area contributed by atoms with E-state index < -0.39 is 17.6 Å². The molecule has 0 saturated heterocycles. The number of carbonyl (C=O) groups excluding carboxylic acids is 2. The molecule has 0 unspecified atom stereocenters. The zero-order valence-electron chi connectivity index (χ0n) is 16.9. The molecular weight excluding hydrogens is 392 g/mol. The Balaban J connectivity index is 1.75. The SMILES string of the molecule is CCOC(=O)c1cnn(-c2ccc(C(=O)N(C)Cc3ccc(F)cc3F)cc2)c1C. The van der Waals surface area contributed by atoms with Gasteiger partial charge in [0, 0.05) is 30.8 Å². The van der Waals surface area contributed by atoms with E-state index in [2.05, 4.69) is 5.10 Å². The predicted molar refractivity (Wildman–Crippen MR) is 106 cm³/mol. The molecule has 0 aliphatic carbocycles. The van der Waals surface area contributed by atoms with E-state index in [1.54, 1.807) is 49.8 Å². The molecule has 1 amide bonds. The highest BCUT2D eigenvalue weighted by Gasteiger charge is 2.17. The number of carbonyl (C=O) groups is 2. The largest absolute Gasteiger partial charge is 0.462 e. The van der Waals surface area contributed by atoms with Crippen LogP contribution in [0, 0.1) is 18.6 Å². The van der Waals surface area contributed by atoms with Crippen LogP contribution in [-0.2, 0) is 11.3 Å². The first-order valence-electron chi connectivity index (χ1n) is 9.33. The first kappa shape index (κ1) is 21.2. The van der Waals surface area contributed by atoms with Gasteiger partial charge in [0.2, 0.25) is 0 Å². The van der Waals surface area contributed by atoms with Gasteiger partial charge >= 0.3 is 5.97 Å². The van der Waals surface area contributed by atoms with E-state index in [0.717, 1.165) is 12.1 Å². The molecule has 6 nitrogen and oxygen atoms in total. The van der Waals surface area contributed by atoms with E-state index in [4.69, 9.17) is 4.74 Å². The van der Waals surface area contributed by atoms with Crippen LogP contribution < -0.4 is 0 Å². The van der Waals surface area contributed by atoms with E-state index >= 15 is 0 Å². The zero-order chi connectivity index (χ0) is 21.8. The van der Waals surface area contributed by atoms with Gasteiger partial charge in [-0.2, -0.15) is 5.10 Å². The third-order valence-electron chi connectivity index (χ3n) is 4.63. The number of hydrogen-bond acceptors (Lipinski definition) is 4. The minimum absolute atomic E-state index is 0.00780. The van der Waals surface area contributed by atoms with Gasteiger partial charge in [0.05, 0.1) is 24.2 Å². The summed E-state index contributed by atoms with van der Waals surface area (Å²) in [5.41, 5.74) is 2.29. The normalized spacial score (nSPS) is 10.7. The second-order valence-electron chi connectivity index (χ2n) is 6.72. The van der Waals surface area contributed by atoms with Gasteiger partial charge < -0.3 is 9.64 Å². The summed E-state index contributed by atoms with van der Waals surface area (Å²) in [4.78, 5) is 26.0. The summed E-state index contributed by atoms with van der Waals surface area (Å²) in [7, 11) is 1.54. The van der Waals surface area contributed by atoms with Gasteiger partial charge in [0.25, 0.3) is 5.91 Å². The van der Waals surface area contributed by atoms with Gasteiger partial charge in [-0.15, -0.1) is 0 Å². The molecule has 30 heavy (non-hydrogen) atoms. The third-order valence-corrected chi connectivity index (χ3v) is 4.63. The van der Waals surface area contributed by atoms with Crippen molar-refractivity contribution in [2.75, 3.05) is 13.7 Å². The molecule has 0 aliphatic rings. The molecule has 156 valence electrons. The molecule has 0 atom stereocenters. The number of esters is 1. The maximum Gasteiger partial charge on any atom is 0.341 e. The van der Waals surface area contributed by atoms with Crippen molar-refractivity contribution < 1.29 is 23.1 Å². The molecule has 0 bridgehead atoms. The quantitative estimate of drug-likeness (QED) is 0.575. The standard InChI is InChI=1S/C22H21F2N3O3/c1-4-30-22(29)19-12-25-27(14(19)2)18-9-6-15(7-10-18)21(28)26(3)13-16-5-8-17(23)11-20(16)24/h5-12H,4,13H2,1-3H3. The van der Waals surface area contributed by atoms with Gasteiger partial charge in [-0.3, -0.25) is 4.79 Å². The summed E-state index contributed by atoms with van der Waals surface area (Å²) in [6.45, 7) is 3.77. The molecule has 0 spiro atoms. The average molecular weight is 413 g/mol. The van der Waals surface area contributed by atoms with E-state index in [1.807, 2.05) is 0 Å². The van der Waals surface area contributed by atoms with Crippen LogP contribution in [0.5, 0.6) is 0 Å². The molecule has 0 fully saturated rings. The van der Waals surface area contributed by atoms with E-state index in [9.17, 15) is 18.4 Å². The molecule has 0 radical (unpaired) electrons. The summed E-state index contributed by atoms with van der Waals surface area (Å²) >= 11 is 0. The van der Waals surface area contributed by atoms with E-state index in [1.165, 1.54) is 17.2 Å². The van der Waals surface area contributed by atoms with Gasteiger partial charge in [0.1, 0.15) is 17.2 Å². The monoisotopic (exact) mass is 413 g/mol. The fraction of sp³-hybridized carbons (Fsp3) is 0.227. The van der Waals surface area contributed by atoms with Gasteiger partial charge in [-0.25, -0.2) is 18.3 Å².